The second-order valence-corrected chi connectivity index (χ2v) is 6.35. The fourth-order valence-electron chi connectivity index (χ4n) is 3.03. The van der Waals surface area contributed by atoms with E-state index >= 15 is 0 Å². The van der Waals surface area contributed by atoms with Crippen LogP contribution in [0.5, 0.6) is 5.75 Å². The molecular weight excluding hydrogens is 500 g/mol. The van der Waals surface area contributed by atoms with Crippen molar-refractivity contribution in [3.63, 3.8) is 0 Å². The van der Waals surface area contributed by atoms with Crippen LogP contribution in [0.4, 0.5) is 13.2 Å². The van der Waals surface area contributed by atoms with Gasteiger partial charge in [0.05, 0.1) is 13.1 Å². The molecule has 2 heterocycles. The Hall–Kier alpha value is -2.05. The lowest BCUT2D eigenvalue weighted by Crippen LogP contribution is -2.37. The molecular formula is C18H24F3IN6O. The highest BCUT2D eigenvalue weighted by Gasteiger charge is 2.31. The summed E-state index contributed by atoms with van der Waals surface area (Å²) >= 11 is 0. The average molecular weight is 524 g/mol. The molecule has 7 nitrogen and oxygen atoms in total. The SMILES string of the molecule is CCNC(=NCc1ccccc1OC(F)(F)F)NCc1nnc2n1CCCC2.I. The van der Waals surface area contributed by atoms with Crippen LogP contribution in [-0.4, -0.2) is 33.6 Å². The van der Waals surface area contributed by atoms with Crippen molar-refractivity contribution >= 4 is 29.9 Å². The summed E-state index contributed by atoms with van der Waals surface area (Å²) in [5, 5.41) is 14.7. The third-order valence-corrected chi connectivity index (χ3v) is 4.30. The number of benzene rings is 1. The van der Waals surface area contributed by atoms with Crippen molar-refractivity contribution in [2.24, 2.45) is 4.99 Å². The molecule has 0 fully saturated rings. The monoisotopic (exact) mass is 524 g/mol. The number of aromatic nitrogens is 3. The zero-order chi connectivity index (χ0) is 20.0. The summed E-state index contributed by atoms with van der Waals surface area (Å²) < 4.78 is 43.9. The Morgan fingerprint density at radius 1 is 1.21 bits per heavy atom. The number of hydrogen-bond acceptors (Lipinski definition) is 4. The van der Waals surface area contributed by atoms with Gasteiger partial charge in [-0.3, -0.25) is 0 Å². The van der Waals surface area contributed by atoms with Gasteiger partial charge in [-0.25, -0.2) is 4.99 Å². The molecule has 0 bridgehead atoms. The predicted molar refractivity (Wildman–Crippen MR) is 113 cm³/mol. The Bertz CT molecular complexity index is 824. The molecule has 2 N–H and O–H groups in total. The minimum Gasteiger partial charge on any atom is -0.405 e. The van der Waals surface area contributed by atoms with Gasteiger partial charge in [-0.15, -0.1) is 47.3 Å². The van der Waals surface area contributed by atoms with Crippen LogP contribution < -0.4 is 15.4 Å². The van der Waals surface area contributed by atoms with Crippen molar-refractivity contribution in [2.75, 3.05) is 6.54 Å². The van der Waals surface area contributed by atoms with Crippen molar-refractivity contribution in [1.82, 2.24) is 25.4 Å². The van der Waals surface area contributed by atoms with Crippen LogP contribution in [0.25, 0.3) is 0 Å². The molecule has 29 heavy (non-hydrogen) atoms. The number of hydrogen-bond donors (Lipinski definition) is 2. The molecule has 2 aromatic rings. The minimum atomic E-state index is -4.74. The van der Waals surface area contributed by atoms with E-state index in [1.165, 1.54) is 12.1 Å². The first-order valence-electron chi connectivity index (χ1n) is 9.23. The van der Waals surface area contributed by atoms with E-state index in [4.69, 9.17) is 0 Å². The Kier molecular flexibility index (Phi) is 8.53. The molecule has 1 aromatic carbocycles. The number of halogens is 4. The highest BCUT2D eigenvalue weighted by Crippen LogP contribution is 2.26. The highest BCUT2D eigenvalue weighted by molar-refractivity contribution is 14.0. The smallest absolute Gasteiger partial charge is 0.405 e. The number of aliphatic imine (C=N–C) groups is 1. The van der Waals surface area contributed by atoms with Crippen LogP contribution in [0, 0.1) is 0 Å². The first kappa shape index (κ1) is 23.2. The van der Waals surface area contributed by atoms with E-state index in [-0.39, 0.29) is 36.3 Å². The van der Waals surface area contributed by atoms with Gasteiger partial charge in [0.25, 0.3) is 0 Å². The summed E-state index contributed by atoms with van der Waals surface area (Å²) in [6.45, 7) is 3.90. The largest absolute Gasteiger partial charge is 0.573 e. The number of guanidine groups is 1. The summed E-state index contributed by atoms with van der Waals surface area (Å²) in [6, 6.07) is 5.98. The van der Waals surface area contributed by atoms with Gasteiger partial charge in [0.2, 0.25) is 0 Å². The van der Waals surface area contributed by atoms with Gasteiger partial charge < -0.3 is 19.9 Å². The van der Waals surface area contributed by atoms with E-state index in [2.05, 4.69) is 35.1 Å². The molecule has 11 heteroatoms. The van der Waals surface area contributed by atoms with Gasteiger partial charge in [0.1, 0.15) is 11.6 Å². The predicted octanol–water partition coefficient (Wildman–Crippen LogP) is 3.39. The molecule has 0 amide bonds. The summed E-state index contributed by atoms with van der Waals surface area (Å²) in [6.07, 6.45) is -1.59. The Balaban J connectivity index is 0.00000300. The van der Waals surface area contributed by atoms with E-state index < -0.39 is 6.36 Å². The number of fused-ring (bicyclic) bond motifs is 1. The maximum atomic E-state index is 12.6. The molecule has 0 unspecified atom stereocenters. The van der Waals surface area contributed by atoms with Crippen LogP contribution in [0.1, 0.15) is 37.0 Å². The van der Waals surface area contributed by atoms with Gasteiger partial charge in [0, 0.05) is 25.1 Å². The van der Waals surface area contributed by atoms with Crippen molar-refractivity contribution in [3.05, 3.63) is 41.5 Å². The van der Waals surface area contributed by atoms with Crippen LogP contribution in [0.3, 0.4) is 0 Å². The zero-order valence-electron chi connectivity index (χ0n) is 16.0. The lowest BCUT2D eigenvalue weighted by Gasteiger charge is -2.16. The Morgan fingerprint density at radius 3 is 2.76 bits per heavy atom. The lowest BCUT2D eigenvalue weighted by molar-refractivity contribution is -0.274. The topological polar surface area (TPSA) is 76.4 Å². The lowest BCUT2D eigenvalue weighted by atomic mass is 10.2. The van der Waals surface area contributed by atoms with Crippen LogP contribution in [0.15, 0.2) is 29.3 Å². The summed E-state index contributed by atoms with van der Waals surface area (Å²) in [7, 11) is 0. The standard InChI is InChI=1S/C18H23F3N6O.HI/c1-2-22-17(24-12-16-26-25-15-9-5-6-10-27(15)16)23-11-13-7-3-4-8-14(13)28-18(19,20)21;/h3-4,7-8H,2,5-6,9-12H2,1H3,(H2,22,23,24);1H. The number of ether oxygens (including phenoxy) is 1. The fraction of sp³-hybridized carbons (Fsp3) is 0.500. The van der Waals surface area contributed by atoms with Crippen LogP contribution in [0.2, 0.25) is 0 Å². The molecule has 0 saturated heterocycles. The van der Waals surface area contributed by atoms with Crippen LogP contribution in [-0.2, 0) is 26.1 Å². The van der Waals surface area contributed by atoms with Crippen molar-refractivity contribution in [3.8, 4) is 5.75 Å². The maximum absolute atomic E-state index is 12.6. The van der Waals surface area contributed by atoms with Gasteiger partial charge >= 0.3 is 6.36 Å². The summed E-state index contributed by atoms with van der Waals surface area (Å²) in [5.74, 6) is 2.04. The third-order valence-electron chi connectivity index (χ3n) is 4.30. The van der Waals surface area contributed by atoms with Crippen molar-refractivity contribution < 1.29 is 17.9 Å². The average Bonchev–Trinajstić information content (AvgIpc) is 3.07. The van der Waals surface area contributed by atoms with Gasteiger partial charge in [-0.2, -0.15) is 0 Å². The fourth-order valence-corrected chi connectivity index (χ4v) is 3.03. The van der Waals surface area contributed by atoms with Gasteiger partial charge in [-0.05, 0) is 25.8 Å². The first-order chi connectivity index (χ1) is 13.5. The molecule has 0 atom stereocenters. The highest BCUT2D eigenvalue weighted by atomic mass is 127. The molecule has 0 saturated carbocycles. The number of rotatable bonds is 6. The number of nitrogens with one attached hydrogen (secondary N) is 2. The van der Waals surface area contributed by atoms with Gasteiger partial charge in [0.15, 0.2) is 11.8 Å². The van der Waals surface area contributed by atoms with E-state index in [9.17, 15) is 13.2 Å². The quantitative estimate of drug-likeness (QED) is 0.345. The zero-order valence-corrected chi connectivity index (χ0v) is 18.3. The Morgan fingerprint density at radius 2 is 2.00 bits per heavy atom. The molecule has 0 spiro atoms. The molecule has 0 radical (unpaired) electrons. The number of alkyl halides is 3. The molecule has 0 aliphatic carbocycles. The normalized spacial score (nSPS) is 14.0. The third kappa shape index (κ3) is 6.75. The summed E-state index contributed by atoms with van der Waals surface area (Å²) in [5.41, 5.74) is 0.344. The summed E-state index contributed by atoms with van der Waals surface area (Å²) in [4.78, 5) is 4.38. The van der Waals surface area contributed by atoms with Crippen molar-refractivity contribution in [2.45, 2.75) is 52.2 Å². The first-order valence-corrected chi connectivity index (χ1v) is 9.23. The minimum absolute atomic E-state index is 0. The number of aryl methyl sites for hydroxylation is 1. The van der Waals surface area contributed by atoms with Crippen molar-refractivity contribution in [1.29, 1.82) is 0 Å². The second kappa shape index (κ2) is 10.6. The maximum Gasteiger partial charge on any atom is 0.573 e. The van der Waals surface area contributed by atoms with E-state index in [1.54, 1.807) is 12.1 Å². The van der Waals surface area contributed by atoms with E-state index in [0.29, 0.717) is 24.6 Å². The molecule has 1 aliphatic heterocycles. The van der Waals surface area contributed by atoms with Gasteiger partial charge in [-0.1, -0.05) is 18.2 Å². The second-order valence-electron chi connectivity index (χ2n) is 6.35. The Labute approximate surface area is 184 Å². The van der Waals surface area contributed by atoms with E-state index in [0.717, 1.165) is 37.5 Å². The molecule has 1 aliphatic rings. The van der Waals surface area contributed by atoms with Crippen LogP contribution >= 0.6 is 24.0 Å². The molecule has 1 aromatic heterocycles. The number of para-hydroxylation sites is 1. The molecule has 3 rings (SSSR count). The van der Waals surface area contributed by atoms with E-state index in [1.807, 2.05) is 6.92 Å². The molecule has 160 valence electrons. The number of nitrogens with zero attached hydrogens (tertiary/aromatic N) is 4.